The minimum atomic E-state index is -0.551. The molecule has 0 aliphatic rings. The number of hydrogen-bond acceptors (Lipinski definition) is 5. The van der Waals surface area contributed by atoms with Gasteiger partial charge in [0.25, 0.3) is 0 Å². The number of anilines is 1. The van der Waals surface area contributed by atoms with Crippen LogP contribution >= 0.6 is 0 Å². The zero-order valence-electron chi connectivity index (χ0n) is 9.50. The Bertz CT molecular complexity index is 735. The van der Waals surface area contributed by atoms with Crippen LogP contribution in [0.4, 0.5) is 10.3 Å². The standard InChI is InChI=1S/C11H9FN6/c1-6-3-14-9(12)2-7(6)8-4-15-11(13)18-5-16-17-10(8)18/h2-5H,1H3,(H2,13,15). The van der Waals surface area contributed by atoms with Crippen molar-refractivity contribution in [2.24, 2.45) is 0 Å². The largest absolute Gasteiger partial charge is 0.369 e. The van der Waals surface area contributed by atoms with Gasteiger partial charge in [0.1, 0.15) is 6.33 Å². The van der Waals surface area contributed by atoms with Crippen LogP contribution in [0.5, 0.6) is 0 Å². The lowest BCUT2D eigenvalue weighted by Crippen LogP contribution is -2.01. The van der Waals surface area contributed by atoms with Gasteiger partial charge in [0, 0.05) is 24.0 Å². The maximum atomic E-state index is 13.2. The van der Waals surface area contributed by atoms with Crippen LogP contribution in [0.2, 0.25) is 0 Å². The van der Waals surface area contributed by atoms with E-state index < -0.39 is 5.95 Å². The van der Waals surface area contributed by atoms with E-state index in [4.69, 9.17) is 5.73 Å². The van der Waals surface area contributed by atoms with Gasteiger partial charge in [0.2, 0.25) is 11.9 Å². The van der Waals surface area contributed by atoms with Gasteiger partial charge < -0.3 is 5.73 Å². The highest BCUT2D eigenvalue weighted by atomic mass is 19.1. The summed E-state index contributed by atoms with van der Waals surface area (Å²) in [4.78, 5) is 7.64. The number of pyridine rings is 1. The third kappa shape index (κ3) is 1.48. The molecular weight excluding hydrogens is 235 g/mol. The van der Waals surface area contributed by atoms with Crippen LogP contribution in [0.3, 0.4) is 0 Å². The van der Waals surface area contributed by atoms with E-state index in [9.17, 15) is 4.39 Å². The van der Waals surface area contributed by atoms with Crippen LogP contribution in [0, 0.1) is 12.9 Å². The van der Waals surface area contributed by atoms with E-state index in [2.05, 4.69) is 20.2 Å². The first kappa shape index (κ1) is 10.6. The fraction of sp³-hybridized carbons (Fsp3) is 0.0909. The number of nitrogen functional groups attached to an aromatic ring is 1. The van der Waals surface area contributed by atoms with Crippen molar-refractivity contribution in [3.63, 3.8) is 0 Å². The zero-order chi connectivity index (χ0) is 12.7. The van der Waals surface area contributed by atoms with Crippen molar-refractivity contribution >= 4 is 11.6 Å². The minimum absolute atomic E-state index is 0.283. The van der Waals surface area contributed by atoms with Crippen molar-refractivity contribution in [2.75, 3.05) is 5.73 Å². The maximum Gasteiger partial charge on any atom is 0.213 e. The molecule has 18 heavy (non-hydrogen) atoms. The Morgan fingerprint density at radius 1 is 1.22 bits per heavy atom. The van der Waals surface area contributed by atoms with Crippen LogP contribution in [-0.4, -0.2) is 24.6 Å². The molecule has 3 aromatic rings. The smallest absolute Gasteiger partial charge is 0.213 e. The first-order chi connectivity index (χ1) is 8.66. The van der Waals surface area contributed by atoms with Crippen LogP contribution < -0.4 is 5.73 Å². The molecule has 0 atom stereocenters. The Labute approximate surface area is 101 Å². The molecule has 0 radical (unpaired) electrons. The molecule has 0 saturated heterocycles. The predicted molar refractivity (Wildman–Crippen MR) is 63.1 cm³/mol. The molecule has 7 heteroatoms. The average Bonchev–Trinajstić information content (AvgIpc) is 2.83. The molecule has 0 amide bonds. The molecule has 0 fully saturated rings. The van der Waals surface area contributed by atoms with E-state index >= 15 is 0 Å². The Morgan fingerprint density at radius 3 is 2.89 bits per heavy atom. The summed E-state index contributed by atoms with van der Waals surface area (Å²) < 4.78 is 14.8. The highest BCUT2D eigenvalue weighted by Crippen LogP contribution is 2.26. The first-order valence-corrected chi connectivity index (χ1v) is 5.23. The molecular formula is C11H9FN6. The first-order valence-electron chi connectivity index (χ1n) is 5.23. The van der Waals surface area contributed by atoms with Gasteiger partial charge in [0.05, 0.1) is 0 Å². The average molecular weight is 244 g/mol. The molecule has 0 bridgehead atoms. The number of fused-ring (bicyclic) bond motifs is 1. The maximum absolute atomic E-state index is 13.2. The van der Waals surface area contributed by atoms with Crippen molar-refractivity contribution in [3.05, 3.63) is 36.3 Å². The molecule has 3 heterocycles. The van der Waals surface area contributed by atoms with E-state index in [1.165, 1.54) is 18.6 Å². The third-order valence-electron chi connectivity index (χ3n) is 2.72. The second kappa shape index (κ2) is 3.73. The van der Waals surface area contributed by atoms with Crippen LogP contribution in [0.25, 0.3) is 16.8 Å². The molecule has 90 valence electrons. The number of hydrogen-bond donors (Lipinski definition) is 1. The number of nitrogens with two attached hydrogens (primary N) is 1. The van der Waals surface area contributed by atoms with E-state index in [-0.39, 0.29) is 5.95 Å². The summed E-state index contributed by atoms with van der Waals surface area (Å²) in [6, 6.07) is 1.34. The number of halogens is 1. The summed E-state index contributed by atoms with van der Waals surface area (Å²) >= 11 is 0. The van der Waals surface area contributed by atoms with Gasteiger partial charge in [-0.05, 0) is 18.1 Å². The minimum Gasteiger partial charge on any atom is -0.369 e. The van der Waals surface area contributed by atoms with Gasteiger partial charge >= 0.3 is 0 Å². The summed E-state index contributed by atoms with van der Waals surface area (Å²) in [5.74, 6) is -0.268. The van der Waals surface area contributed by atoms with E-state index in [1.54, 1.807) is 10.6 Å². The Balaban J connectivity index is 2.35. The van der Waals surface area contributed by atoms with Gasteiger partial charge in [-0.15, -0.1) is 10.2 Å². The molecule has 2 N–H and O–H groups in total. The number of rotatable bonds is 1. The monoisotopic (exact) mass is 244 g/mol. The topological polar surface area (TPSA) is 82.0 Å². The summed E-state index contributed by atoms with van der Waals surface area (Å²) in [5.41, 5.74) is 8.41. The highest BCUT2D eigenvalue weighted by molar-refractivity contribution is 5.79. The van der Waals surface area contributed by atoms with Gasteiger partial charge in [-0.3, -0.25) is 4.40 Å². The molecule has 3 aromatic heterocycles. The molecule has 0 unspecified atom stereocenters. The van der Waals surface area contributed by atoms with Crippen molar-refractivity contribution in [1.82, 2.24) is 24.6 Å². The van der Waals surface area contributed by atoms with E-state index in [0.717, 1.165) is 5.56 Å². The lowest BCUT2D eigenvalue weighted by Gasteiger charge is -2.07. The van der Waals surface area contributed by atoms with Gasteiger partial charge in [-0.1, -0.05) is 0 Å². The number of nitrogens with zero attached hydrogens (tertiary/aromatic N) is 5. The Kier molecular flexibility index (Phi) is 2.19. The van der Waals surface area contributed by atoms with Crippen LogP contribution in [0.15, 0.2) is 24.8 Å². The Morgan fingerprint density at radius 2 is 2.06 bits per heavy atom. The van der Waals surface area contributed by atoms with Gasteiger partial charge in [-0.2, -0.15) is 4.39 Å². The normalized spacial score (nSPS) is 11.0. The summed E-state index contributed by atoms with van der Waals surface area (Å²) in [6.07, 6.45) is 4.49. The molecule has 0 aromatic carbocycles. The molecule has 3 rings (SSSR count). The van der Waals surface area contributed by atoms with E-state index in [1.807, 2.05) is 6.92 Å². The quantitative estimate of drug-likeness (QED) is 0.651. The third-order valence-corrected chi connectivity index (χ3v) is 2.72. The number of aryl methyl sites for hydroxylation is 1. The van der Waals surface area contributed by atoms with Crippen molar-refractivity contribution in [2.45, 2.75) is 6.92 Å². The van der Waals surface area contributed by atoms with Crippen LogP contribution in [-0.2, 0) is 0 Å². The predicted octanol–water partition coefficient (Wildman–Crippen LogP) is 1.22. The summed E-state index contributed by atoms with van der Waals surface area (Å²) in [7, 11) is 0. The molecule has 0 spiro atoms. The second-order valence-corrected chi connectivity index (χ2v) is 3.88. The molecule has 0 aliphatic heterocycles. The van der Waals surface area contributed by atoms with Gasteiger partial charge in [0.15, 0.2) is 5.65 Å². The SMILES string of the molecule is Cc1cnc(F)cc1-c1cnc(N)n2cnnc12. The molecule has 0 saturated carbocycles. The lowest BCUT2D eigenvalue weighted by atomic mass is 10.1. The fourth-order valence-corrected chi connectivity index (χ4v) is 1.82. The molecule has 0 aliphatic carbocycles. The fourth-order valence-electron chi connectivity index (χ4n) is 1.82. The zero-order valence-corrected chi connectivity index (χ0v) is 9.50. The summed E-state index contributed by atoms with van der Waals surface area (Å²) in [5, 5.41) is 7.76. The Hall–Kier alpha value is -2.57. The lowest BCUT2D eigenvalue weighted by molar-refractivity contribution is 0.583. The van der Waals surface area contributed by atoms with Gasteiger partial charge in [-0.25, -0.2) is 9.97 Å². The second-order valence-electron chi connectivity index (χ2n) is 3.88. The van der Waals surface area contributed by atoms with Crippen LogP contribution in [0.1, 0.15) is 5.56 Å². The van der Waals surface area contributed by atoms with Crippen molar-refractivity contribution < 1.29 is 4.39 Å². The van der Waals surface area contributed by atoms with Crippen molar-refractivity contribution in [3.8, 4) is 11.1 Å². The van der Waals surface area contributed by atoms with E-state index in [0.29, 0.717) is 16.8 Å². The van der Waals surface area contributed by atoms with Crippen molar-refractivity contribution in [1.29, 1.82) is 0 Å². The summed E-state index contributed by atoms with van der Waals surface area (Å²) in [6.45, 7) is 1.84. The highest BCUT2D eigenvalue weighted by Gasteiger charge is 2.12. The number of aromatic nitrogens is 5. The molecule has 6 nitrogen and oxygen atoms in total.